The molecule has 0 aromatic carbocycles. The summed E-state index contributed by atoms with van der Waals surface area (Å²) in [4.78, 5) is 4.50. The van der Waals surface area contributed by atoms with Crippen molar-refractivity contribution in [1.29, 1.82) is 0 Å². The van der Waals surface area contributed by atoms with Crippen LogP contribution < -0.4 is 0 Å². The molecule has 30 heavy (non-hydrogen) atoms. The summed E-state index contributed by atoms with van der Waals surface area (Å²) in [5, 5.41) is 4.65. The van der Waals surface area contributed by atoms with Gasteiger partial charge in [-0.1, -0.05) is 0 Å². The highest BCUT2D eigenvalue weighted by molar-refractivity contribution is 7.88. The SMILES string of the molecule is Cc1cc([C@H]2CN(S(C)(=O)=O)CCO2)n2nc(C3CCC(C(F)(F)F)CC3)cc2n1. The van der Waals surface area contributed by atoms with Gasteiger partial charge < -0.3 is 4.74 Å². The maximum atomic E-state index is 13.0. The van der Waals surface area contributed by atoms with Gasteiger partial charge in [0.1, 0.15) is 6.10 Å². The summed E-state index contributed by atoms with van der Waals surface area (Å²) in [6.45, 7) is 2.59. The number of halogens is 3. The molecule has 0 unspecified atom stereocenters. The van der Waals surface area contributed by atoms with E-state index in [1.807, 2.05) is 19.1 Å². The summed E-state index contributed by atoms with van der Waals surface area (Å²) in [7, 11) is -3.34. The minimum atomic E-state index is -4.14. The monoisotopic (exact) mass is 446 g/mol. The van der Waals surface area contributed by atoms with Crippen molar-refractivity contribution in [3.63, 3.8) is 0 Å². The summed E-state index contributed by atoms with van der Waals surface area (Å²) in [6, 6.07) is 3.65. The zero-order valence-corrected chi connectivity index (χ0v) is 17.7. The van der Waals surface area contributed by atoms with Crippen LogP contribution in [0.1, 0.15) is 54.8 Å². The zero-order chi connectivity index (χ0) is 21.7. The highest BCUT2D eigenvalue weighted by atomic mass is 32.2. The standard InChI is InChI=1S/C19H25F3N4O3S/c1-12-9-16(17-11-25(7-8-29-17)30(2,27)28)26-18(23-12)10-15(24-26)13-3-5-14(6-4-13)19(20,21)22/h9-10,13-14,17H,3-8,11H2,1-2H3/t13?,14?,17-/m1/s1. The van der Waals surface area contributed by atoms with Crippen LogP contribution in [0.25, 0.3) is 5.65 Å². The summed E-state index contributed by atoms with van der Waals surface area (Å²) < 4.78 is 71.7. The average molecular weight is 446 g/mol. The van der Waals surface area contributed by atoms with Crippen molar-refractivity contribution in [3.8, 4) is 0 Å². The number of hydrogen-bond donors (Lipinski definition) is 0. The highest BCUT2D eigenvalue weighted by Crippen LogP contribution is 2.42. The van der Waals surface area contributed by atoms with Crippen LogP contribution in [-0.2, 0) is 14.8 Å². The molecule has 7 nitrogen and oxygen atoms in total. The molecule has 1 atom stereocenters. The van der Waals surface area contributed by atoms with Gasteiger partial charge in [0, 0.05) is 30.8 Å². The number of hydrogen-bond acceptors (Lipinski definition) is 5. The van der Waals surface area contributed by atoms with E-state index < -0.39 is 28.2 Å². The number of aryl methyl sites for hydroxylation is 1. The molecule has 2 aliphatic rings. The third-order valence-corrected chi connectivity index (χ3v) is 7.31. The number of morpholine rings is 1. The Morgan fingerprint density at radius 2 is 1.87 bits per heavy atom. The first-order valence-corrected chi connectivity index (χ1v) is 11.9. The third-order valence-electron chi connectivity index (χ3n) is 6.04. The van der Waals surface area contributed by atoms with E-state index in [0.717, 1.165) is 11.4 Å². The van der Waals surface area contributed by atoms with Crippen molar-refractivity contribution in [3.05, 3.63) is 29.2 Å². The Morgan fingerprint density at radius 1 is 1.17 bits per heavy atom. The van der Waals surface area contributed by atoms with E-state index >= 15 is 0 Å². The van der Waals surface area contributed by atoms with E-state index in [1.165, 1.54) is 10.6 Å². The summed E-state index contributed by atoms with van der Waals surface area (Å²) >= 11 is 0. The fourth-order valence-corrected chi connectivity index (χ4v) is 5.21. The molecule has 0 amide bonds. The first kappa shape index (κ1) is 21.5. The van der Waals surface area contributed by atoms with E-state index in [-0.39, 0.29) is 31.9 Å². The van der Waals surface area contributed by atoms with Gasteiger partial charge in [-0.05, 0) is 38.7 Å². The minimum absolute atomic E-state index is 0.0433. The Hall–Kier alpha value is -1.72. The van der Waals surface area contributed by atoms with Crippen LogP contribution in [0.15, 0.2) is 12.1 Å². The molecule has 0 spiro atoms. The molecule has 0 N–H and O–H groups in total. The Kier molecular flexibility index (Phi) is 5.56. The largest absolute Gasteiger partial charge is 0.391 e. The Morgan fingerprint density at radius 3 is 2.50 bits per heavy atom. The van der Waals surface area contributed by atoms with Gasteiger partial charge in [0.2, 0.25) is 10.0 Å². The van der Waals surface area contributed by atoms with Crippen LogP contribution in [0.5, 0.6) is 0 Å². The minimum Gasteiger partial charge on any atom is -0.369 e. The molecule has 166 valence electrons. The molecule has 0 radical (unpaired) electrons. The molecule has 1 aliphatic heterocycles. The highest BCUT2D eigenvalue weighted by Gasteiger charge is 2.42. The molecule has 1 saturated carbocycles. The fraction of sp³-hybridized carbons (Fsp3) is 0.684. The van der Waals surface area contributed by atoms with Gasteiger partial charge in [-0.3, -0.25) is 0 Å². The molecule has 11 heteroatoms. The Bertz CT molecular complexity index is 1030. The summed E-state index contributed by atoms with van der Waals surface area (Å²) in [5.41, 5.74) is 2.76. The molecule has 2 aromatic heterocycles. The van der Waals surface area contributed by atoms with Gasteiger partial charge in [-0.15, -0.1) is 0 Å². The van der Waals surface area contributed by atoms with Crippen LogP contribution >= 0.6 is 0 Å². The zero-order valence-electron chi connectivity index (χ0n) is 16.9. The first-order chi connectivity index (χ1) is 14.0. The molecular formula is C19H25F3N4O3S. The summed E-state index contributed by atoms with van der Waals surface area (Å²) in [6.07, 6.45) is -2.38. The van der Waals surface area contributed by atoms with Gasteiger partial charge in [-0.2, -0.15) is 22.6 Å². The Labute approximate surface area is 173 Å². The maximum absolute atomic E-state index is 13.0. The molecule has 3 heterocycles. The van der Waals surface area contributed by atoms with Crippen molar-refractivity contribution >= 4 is 15.7 Å². The lowest BCUT2D eigenvalue weighted by atomic mass is 9.80. The second-order valence-electron chi connectivity index (χ2n) is 8.23. The molecule has 0 bridgehead atoms. The van der Waals surface area contributed by atoms with Crippen LogP contribution in [0, 0.1) is 12.8 Å². The average Bonchev–Trinajstić information content (AvgIpc) is 3.10. The lowest BCUT2D eigenvalue weighted by molar-refractivity contribution is -0.182. The van der Waals surface area contributed by atoms with Crippen molar-refractivity contribution in [2.24, 2.45) is 5.92 Å². The normalized spacial score (nSPS) is 26.9. The van der Waals surface area contributed by atoms with Crippen molar-refractivity contribution < 1.29 is 26.3 Å². The first-order valence-electron chi connectivity index (χ1n) is 10.0. The predicted octanol–water partition coefficient (Wildman–Crippen LogP) is 3.21. The van der Waals surface area contributed by atoms with Crippen LogP contribution in [-0.4, -0.2) is 59.4 Å². The van der Waals surface area contributed by atoms with Crippen molar-refractivity contribution in [2.45, 2.75) is 50.8 Å². The maximum Gasteiger partial charge on any atom is 0.391 e. The van der Waals surface area contributed by atoms with Crippen molar-refractivity contribution in [1.82, 2.24) is 18.9 Å². The van der Waals surface area contributed by atoms with Crippen molar-refractivity contribution in [2.75, 3.05) is 26.0 Å². The van der Waals surface area contributed by atoms with E-state index in [1.54, 1.807) is 4.52 Å². The molecule has 2 aromatic rings. The van der Waals surface area contributed by atoms with Crippen LogP contribution in [0.2, 0.25) is 0 Å². The molecule has 2 fully saturated rings. The topological polar surface area (TPSA) is 76.8 Å². The quantitative estimate of drug-likeness (QED) is 0.724. The molecular weight excluding hydrogens is 421 g/mol. The Balaban J connectivity index is 1.61. The molecule has 1 aliphatic carbocycles. The number of aromatic nitrogens is 3. The number of alkyl halides is 3. The van der Waals surface area contributed by atoms with E-state index in [2.05, 4.69) is 10.1 Å². The van der Waals surface area contributed by atoms with Crippen LogP contribution in [0.4, 0.5) is 13.2 Å². The van der Waals surface area contributed by atoms with Gasteiger partial charge in [-0.25, -0.2) is 17.9 Å². The van der Waals surface area contributed by atoms with Crippen LogP contribution in [0.3, 0.4) is 0 Å². The number of ether oxygens (including phenoxy) is 1. The second kappa shape index (κ2) is 7.76. The van der Waals surface area contributed by atoms with Gasteiger partial charge >= 0.3 is 6.18 Å². The third kappa shape index (κ3) is 4.33. The number of nitrogens with zero attached hydrogens (tertiary/aromatic N) is 4. The predicted molar refractivity (Wildman–Crippen MR) is 104 cm³/mol. The molecule has 4 rings (SSSR count). The second-order valence-corrected chi connectivity index (χ2v) is 10.2. The number of rotatable bonds is 3. The van der Waals surface area contributed by atoms with E-state index in [0.29, 0.717) is 30.7 Å². The smallest absolute Gasteiger partial charge is 0.369 e. The lowest BCUT2D eigenvalue weighted by Crippen LogP contribution is -2.42. The van der Waals surface area contributed by atoms with Gasteiger partial charge in [0.15, 0.2) is 5.65 Å². The van der Waals surface area contributed by atoms with E-state index in [9.17, 15) is 21.6 Å². The summed E-state index contributed by atoms with van der Waals surface area (Å²) in [5.74, 6) is -1.28. The fourth-order valence-electron chi connectivity index (χ4n) is 4.40. The lowest BCUT2D eigenvalue weighted by Gasteiger charge is -2.31. The number of fused-ring (bicyclic) bond motifs is 1. The van der Waals surface area contributed by atoms with E-state index in [4.69, 9.17) is 4.74 Å². The van der Waals surface area contributed by atoms with Gasteiger partial charge in [0.25, 0.3) is 0 Å². The van der Waals surface area contributed by atoms with Gasteiger partial charge in [0.05, 0.1) is 30.2 Å². The number of sulfonamides is 1. The molecule has 1 saturated heterocycles.